The molecule has 24 heavy (non-hydrogen) atoms. The molecule has 2 fully saturated rings. The predicted molar refractivity (Wildman–Crippen MR) is 86.3 cm³/mol. The van der Waals surface area contributed by atoms with E-state index in [0.717, 1.165) is 0 Å². The Labute approximate surface area is 139 Å². The van der Waals surface area contributed by atoms with Crippen LogP contribution in [0.3, 0.4) is 0 Å². The van der Waals surface area contributed by atoms with Gasteiger partial charge in [-0.2, -0.15) is 0 Å². The Morgan fingerprint density at radius 3 is 2.92 bits per heavy atom. The van der Waals surface area contributed by atoms with Gasteiger partial charge in [0, 0.05) is 51.8 Å². The third-order valence-electron chi connectivity index (χ3n) is 4.43. The van der Waals surface area contributed by atoms with E-state index in [9.17, 15) is 9.59 Å². The molecule has 3 aliphatic rings. The number of urea groups is 2. The number of amides is 4. The van der Waals surface area contributed by atoms with Crippen LogP contribution in [0.25, 0.3) is 0 Å². The predicted octanol–water partition coefficient (Wildman–Crippen LogP) is 1.44. The molecule has 0 saturated carbocycles. The highest BCUT2D eigenvalue weighted by Gasteiger charge is 2.37. The number of carbonyl (C=O) groups is 2. The van der Waals surface area contributed by atoms with E-state index < -0.39 is 5.79 Å². The highest BCUT2D eigenvalue weighted by molar-refractivity contribution is 5.90. The molecule has 0 aliphatic carbocycles. The van der Waals surface area contributed by atoms with Crippen molar-refractivity contribution in [3.05, 3.63) is 18.2 Å². The first-order valence-corrected chi connectivity index (χ1v) is 8.04. The number of ether oxygens (including phenoxy) is 2. The molecule has 0 aromatic heterocycles. The summed E-state index contributed by atoms with van der Waals surface area (Å²) in [5.41, 5.74) is 0.656. The van der Waals surface area contributed by atoms with Crippen LogP contribution in [0.1, 0.15) is 13.8 Å². The molecule has 2 saturated heterocycles. The zero-order valence-corrected chi connectivity index (χ0v) is 13.7. The molecule has 128 valence electrons. The molecule has 0 bridgehead atoms. The fraction of sp³-hybridized carbons (Fsp3) is 0.500. The number of hydrogen-bond donors (Lipinski definition) is 2. The minimum Gasteiger partial charge on any atom is -0.449 e. The standard InChI is InChI=1S/C16H20N4O4/c1-16(2)23-12-4-3-10(7-13(12)24-16)18-15(22)19-5-6-20-11(9-19)8-17-14(20)21/h3-4,7,11H,5-6,8-9H2,1-2H3,(H,17,21)(H,18,22). The number of benzene rings is 1. The van der Waals surface area contributed by atoms with Gasteiger partial charge in [-0.15, -0.1) is 0 Å². The first-order valence-electron chi connectivity index (χ1n) is 8.04. The summed E-state index contributed by atoms with van der Waals surface area (Å²) >= 11 is 0. The minimum atomic E-state index is -0.691. The summed E-state index contributed by atoms with van der Waals surface area (Å²) in [5, 5.41) is 5.69. The first kappa shape index (κ1) is 14.9. The number of nitrogens with zero attached hydrogens (tertiary/aromatic N) is 2. The molecule has 1 atom stereocenters. The third kappa shape index (κ3) is 2.57. The highest BCUT2D eigenvalue weighted by Crippen LogP contribution is 2.40. The number of fused-ring (bicyclic) bond motifs is 2. The summed E-state index contributed by atoms with van der Waals surface area (Å²) in [6.45, 7) is 5.86. The maximum Gasteiger partial charge on any atom is 0.321 e. The van der Waals surface area contributed by atoms with Crippen LogP contribution in [-0.4, -0.2) is 59.9 Å². The number of anilines is 1. The van der Waals surface area contributed by atoms with Gasteiger partial charge in [0.05, 0.1) is 6.04 Å². The zero-order chi connectivity index (χ0) is 16.9. The number of piperazine rings is 1. The average molecular weight is 332 g/mol. The normalized spacial score (nSPS) is 23.8. The van der Waals surface area contributed by atoms with Gasteiger partial charge in [-0.25, -0.2) is 9.59 Å². The van der Waals surface area contributed by atoms with Crippen LogP contribution < -0.4 is 20.1 Å². The van der Waals surface area contributed by atoms with Crippen LogP contribution in [0.5, 0.6) is 11.5 Å². The van der Waals surface area contributed by atoms with E-state index >= 15 is 0 Å². The molecule has 1 aromatic carbocycles. The van der Waals surface area contributed by atoms with Crippen molar-refractivity contribution in [2.24, 2.45) is 0 Å². The van der Waals surface area contributed by atoms with Gasteiger partial charge in [-0.1, -0.05) is 0 Å². The lowest BCUT2D eigenvalue weighted by Gasteiger charge is -2.36. The molecule has 1 unspecified atom stereocenters. The van der Waals surface area contributed by atoms with E-state index in [4.69, 9.17) is 9.47 Å². The number of nitrogens with one attached hydrogen (secondary N) is 2. The maximum absolute atomic E-state index is 12.5. The largest absolute Gasteiger partial charge is 0.449 e. The second-order valence-electron chi connectivity index (χ2n) is 6.67. The van der Waals surface area contributed by atoms with Gasteiger partial charge in [0.15, 0.2) is 11.5 Å². The van der Waals surface area contributed by atoms with Gasteiger partial charge < -0.3 is 29.9 Å². The van der Waals surface area contributed by atoms with E-state index in [1.165, 1.54) is 0 Å². The summed E-state index contributed by atoms with van der Waals surface area (Å²) in [6.07, 6.45) is 0. The van der Waals surface area contributed by atoms with Gasteiger partial charge in [-0.05, 0) is 12.1 Å². The monoisotopic (exact) mass is 332 g/mol. The number of rotatable bonds is 1. The smallest absolute Gasteiger partial charge is 0.321 e. The molecule has 4 rings (SSSR count). The summed E-state index contributed by atoms with van der Waals surface area (Å²) in [5.74, 6) is 0.596. The van der Waals surface area contributed by atoms with Gasteiger partial charge in [0.25, 0.3) is 0 Å². The van der Waals surface area contributed by atoms with Crippen molar-refractivity contribution in [2.45, 2.75) is 25.7 Å². The molecule has 8 heteroatoms. The van der Waals surface area contributed by atoms with Crippen molar-refractivity contribution >= 4 is 17.7 Å². The summed E-state index contributed by atoms with van der Waals surface area (Å²) in [4.78, 5) is 27.6. The summed E-state index contributed by atoms with van der Waals surface area (Å²) < 4.78 is 11.3. The van der Waals surface area contributed by atoms with E-state index in [2.05, 4.69) is 10.6 Å². The Kier molecular flexibility index (Phi) is 3.22. The molecule has 8 nitrogen and oxygen atoms in total. The molecule has 1 aromatic rings. The first-order chi connectivity index (χ1) is 11.4. The molecular weight excluding hydrogens is 312 g/mol. The Balaban J connectivity index is 1.41. The molecule has 0 spiro atoms. The van der Waals surface area contributed by atoms with Gasteiger partial charge >= 0.3 is 12.1 Å². The maximum atomic E-state index is 12.5. The van der Waals surface area contributed by atoms with Crippen LogP contribution in [0.15, 0.2) is 18.2 Å². The van der Waals surface area contributed by atoms with Crippen LogP contribution in [0.2, 0.25) is 0 Å². The molecular formula is C16H20N4O4. The fourth-order valence-electron chi connectivity index (χ4n) is 3.29. The lowest BCUT2D eigenvalue weighted by Crippen LogP contribution is -2.54. The average Bonchev–Trinajstić information content (AvgIpc) is 3.05. The molecule has 2 N–H and O–H groups in total. The molecule has 3 aliphatic heterocycles. The Bertz CT molecular complexity index is 705. The number of carbonyl (C=O) groups excluding carboxylic acids is 2. The van der Waals surface area contributed by atoms with Crippen molar-refractivity contribution in [3.8, 4) is 11.5 Å². The second kappa shape index (κ2) is 5.19. The second-order valence-corrected chi connectivity index (χ2v) is 6.67. The Morgan fingerprint density at radius 1 is 1.29 bits per heavy atom. The lowest BCUT2D eigenvalue weighted by atomic mass is 10.2. The van der Waals surface area contributed by atoms with Crippen molar-refractivity contribution in [3.63, 3.8) is 0 Å². The number of hydrogen-bond acceptors (Lipinski definition) is 4. The van der Waals surface area contributed by atoms with Crippen molar-refractivity contribution in [1.29, 1.82) is 0 Å². The molecule has 3 heterocycles. The van der Waals surface area contributed by atoms with E-state index in [1.54, 1.807) is 28.0 Å². The zero-order valence-electron chi connectivity index (χ0n) is 13.7. The highest BCUT2D eigenvalue weighted by atomic mass is 16.7. The molecule has 0 radical (unpaired) electrons. The summed E-state index contributed by atoms with van der Waals surface area (Å²) in [7, 11) is 0. The lowest BCUT2D eigenvalue weighted by molar-refractivity contribution is -0.0431. The van der Waals surface area contributed by atoms with Crippen molar-refractivity contribution in [1.82, 2.24) is 15.1 Å². The topological polar surface area (TPSA) is 83.1 Å². The summed E-state index contributed by atoms with van der Waals surface area (Å²) in [6, 6.07) is 5.18. The van der Waals surface area contributed by atoms with E-state index in [0.29, 0.717) is 43.4 Å². The Hall–Kier alpha value is -2.64. The Morgan fingerprint density at radius 2 is 2.08 bits per heavy atom. The quantitative estimate of drug-likeness (QED) is 0.815. The fourth-order valence-corrected chi connectivity index (χ4v) is 3.29. The SMILES string of the molecule is CC1(C)Oc2ccc(NC(=O)N3CCN4C(=O)NCC4C3)cc2O1. The van der Waals surface area contributed by atoms with Crippen LogP contribution in [0.4, 0.5) is 15.3 Å². The molecule has 4 amide bonds. The minimum absolute atomic E-state index is 0.0431. The van der Waals surface area contributed by atoms with E-state index in [1.807, 2.05) is 13.8 Å². The van der Waals surface area contributed by atoms with Crippen LogP contribution in [0, 0.1) is 0 Å². The third-order valence-corrected chi connectivity index (χ3v) is 4.43. The van der Waals surface area contributed by atoms with Crippen LogP contribution >= 0.6 is 0 Å². The van der Waals surface area contributed by atoms with Gasteiger partial charge in [-0.3, -0.25) is 0 Å². The van der Waals surface area contributed by atoms with E-state index in [-0.39, 0.29) is 18.1 Å². The van der Waals surface area contributed by atoms with Gasteiger partial charge in [0.2, 0.25) is 5.79 Å². The van der Waals surface area contributed by atoms with Gasteiger partial charge in [0.1, 0.15) is 0 Å². The van der Waals surface area contributed by atoms with Crippen molar-refractivity contribution in [2.75, 3.05) is 31.5 Å². The van der Waals surface area contributed by atoms with Crippen LogP contribution in [-0.2, 0) is 0 Å². The van der Waals surface area contributed by atoms with Crippen molar-refractivity contribution < 1.29 is 19.1 Å².